The Hall–Kier alpha value is -4.00. The zero-order chi connectivity index (χ0) is 20.8. The Balaban J connectivity index is 1.79. The molecule has 0 spiro atoms. The van der Waals surface area contributed by atoms with Crippen molar-refractivity contribution in [2.75, 3.05) is 5.73 Å². The highest BCUT2D eigenvalue weighted by Crippen LogP contribution is 2.29. The lowest BCUT2D eigenvalue weighted by molar-refractivity contribution is 0.521. The van der Waals surface area contributed by atoms with Crippen molar-refractivity contribution in [1.82, 2.24) is 19.5 Å². The molecule has 7 nitrogen and oxygen atoms in total. The van der Waals surface area contributed by atoms with Gasteiger partial charge >= 0.3 is 0 Å². The van der Waals surface area contributed by atoms with E-state index in [1.54, 1.807) is 6.33 Å². The number of aryl methyl sites for hydroxylation is 2. The molecule has 0 bridgehead atoms. The van der Waals surface area contributed by atoms with Gasteiger partial charge in [0.2, 0.25) is 5.43 Å². The fraction of sp³-hybridized carbons (Fsp3) is 0.130. The third-order valence-corrected chi connectivity index (χ3v) is 5.28. The Kier molecular flexibility index (Phi) is 4.10. The van der Waals surface area contributed by atoms with E-state index in [1.807, 2.05) is 60.9 Å². The SMILES string of the molecule is Cc1ccc2oc(Cn3cnc4c(N)ncnc43)c(-c3ccccc3C)c(=O)c2c1. The molecular weight excluding hydrogens is 378 g/mol. The molecule has 0 saturated carbocycles. The maximum Gasteiger partial charge on any atom is 0.200 e. The largest absolute Gasteiger partial charge is 0.458 e. The number of fused-ring (bicyclic) bond motifs is 2. The second-order valence-corrected chi connectivity index (χ2v) is 7.35. The first-order valence-corrected chi connectivity index (χ1v) is 9.56. The van der Waals surface area contributed by atoms with Crippen LogP contribution >= 0.6 is 0 Å². The molecule has 0 amide bonds. The predicted molar refractivity (Wildman–Crippen MR) is 116 cm³/mol. The molecule has 30 heavy (non-hydrogen) atoms. The number of hydrogen-bond donors (Lipinski definition) is 1. The van der Waals surface area contributed by atoms with Gasteiger partial charge in [0, 0.05) is 0 Å². The molecule has 0 fully saturated rings. The fourth-order valence-electron chi connectivity index (χ4n) is 3.76. The number of hydrogen-bond acceptors (Lipinski definition) is 6. The van der Waals surface area contributed by atoms with Crippen LogP contribution in [0.2, 0.25) is 0 Å². The summed E-state index contributed by atoms with van der Waals surface area (Å²) in [5.41, 5.74) is 10.9. The van der Waals surface area contributed by atoms with Crippen LogP contribution in [-0.4, -0.2) is 19.5 Å². The fourth-order valence-corrected chi connectivity index (χ4v) is 3.76. The minimum absolute atomic E-state index is 0.0530. The van der Waals surface area contributed by atoms with Gasteiger partial charge in [0.05, 0.1) is 23.8 Å². The van der Waals surface area contributed by atoms with Gasteiger partial charge in [-0.3, -0.25) is 4.79 Å². The number of benzene rings is 2. The van der Waals surface area contributed by atoms with Crippen molar-refractivity contribution < 1.29 is 4.42 Å². The predicted octanol–water partition coefficient (Wildman–Crippen LogP) is 3.85. The summed E-state index contributed by atoms with van der Waals surface area (Å²) in [6.45, 7) is 4.23. The van der Waals surface area contributed by atoms with Gasteiger partial charge in [-0.05, 0) is 37.1 Å². The van der Waals surface area contributed by atoms with Gasteiger partial charge in [-0.1, -0.05) is 35.9 Å². The van der Waals surface area contributed by atoms with Gasteiger partial charge in [-0.15, -0.1) is 0 Å². The lowest BCUT2D eigenvalue weighted by Crippen LogP contribution is -2.12. The highest BCUT2D eigenvalue weighted by molar-refractivity contribution is 5.84. The topological polar surface area (TPSA) is 99.8 Å². The first kappa shape index (κ1) is 18.1. The molecular formula is C23H19N5O2. The Bertz CT molecular complexity index is 1480. The van der Waals surface area contributed by atoms with Gasteiger partial charge in [0.1, 0.15) is 23.2 Å². The summed E-state index contributed by atoms with van der Waals surface area (Å²) in [7, 11) is 0. The quantitative estimate of drug-likeness (QED) is 0.496. The first-order chi connectivity index (χ1) is 14.5. The van der Waals surface area contributed by atoms with Gasteiger partial charge in [-0.2, -0.15) is 0 Å². The van der Waals surface area contributed by atoms with E-state index in [-0.39, 0.29) is 12.0 Å². The normalized spacial score (nSPS) is 11.4. The van der Waals surface area contributed by atoms with Crippen LogP contribution in [-0.2, 0) is 6.54 Å². The van der Waals surface area contributed by atoms with Gasteiger partial charge < -0.3 is 14.7 Å². The van der Waals surface area contributed by atoms with E-state index in [0.29, 0.717) is 39.3 Å². The molecule has 0 saturated heterocycles. The van der Waals surface area contributed by atoms with Gasteiger partial charge in [0.25, 0.3) is 0 Å². The minimum Gasteiger partial charge on any atom is -0.458 e. The van der Waals surface area contributed by atoms with Crippen molar-refractivity contribution in [3.05, 3.63) is 82.2 Å². The monoisotopic (exact) mass is 397 g/mol. The number of imidazole rings is 1. The van der Waals surface area contributed by atoms with E-state index in [0.717, 1.165) is 16.7 Å². The summed E-state index contributed by atoms with van der Waals surface area (Å²) >= 11 is 0. The molecule has 5 aromatic rings. The van der Waals surface area contributed by atoms with Crippen LogP contribution in [0.25, 0.3) is 33.3 Å². The molecule has 0 aliphatic rings. The summed E-state index contributed by atoms with van der Waals surface area (Å²) in [6, 6.07) is 13.4. The second-order valence-electron chi connectivity index (χ2n) is 7.35. The number of nitrogens with two attached hydrogens (primary N) is 1. The van der Waals surface area contributed by atoms with E-state index in [4.69, 9.17) is 10.2 Å². The summed E-state index contributed by atoms with van der Waals surface area (Å²) < 4.78 is 8.08. The Labute approximate surface area is 171 Å². The van der Waals surface area contributed by atoms with Crippen LogP contribution in [0.5, 0.6) is 0 Å². The van der Waals surface area contributed by atoms with Crippen LogP contribution < -0.4 is 11.2 Å². The van der Waals surface area contributed by atoms with Crippen molar-refractivity contribution in [1.29, 1.82) is 0 Å². The lowest BCUT2D eigenvalue weighted by Gasteiger charge is -2.13. The number of anilines is 1. The number of aromatic nitrogens is 4. The first-order valence-electron chi connectivity index (χ1n) is 9.56. The van der Waals surface area contributed by atoms with E-state index >= 15 is 0 Å². The average molecular weight is 397 g/mol. The van der Waals surface area contributed by atoms with E-state index in [2.05, 4.69) is 15.0 Å². The van der Waals surface area contributed by atoms with Crippen molar-refractivity contribution in [3.63, 3.8) is 0 Å². The summed E-state index contributed by atoms with van der Waals surface area (Å²) in [6.07, 6.45) is 3.04. The standard InChI is InChI=1S/C23H19N5O2/c1-13-7-8-17-16(9-13)21(29)19(15-6-4-3-5-14(15)2)18(30-17)10-28-12-27-20-22(24)25-11-26-23(20)28/h3-9,11-12H,10H2,1-2H3,(H2,24,25,26). The Morgan fingerprint density at radius 2 is 1.90 bits per heavy atom. The Morgan fingerprint density at radius 3 is 2.73 bits per heavy atom. The maximum atomic E-state index is 13.6. The van der Waals surface area contributed by atoms with E-state index < -0.39 is 0 Å². The maximum absolute atomic E-state index is 13.6. The zero-order valence-electron chi connectivity index (χ0n) is 16.6. The highest BCUT2D eigenvalue weighted by Gasteiger charge is 2.19. The van der Waals surface area contributed by atoms with Crippen molar-refractivity contribution >= 4 is 28.0 Å². The molecule has 0 aliphatic heterocycles. The molecule has 148 valence electrons. The molecule has 0 radical (unpaired) electrons. The van der Waals surface area contributed by atoms with Crippen LogP contribution in [0.3, 0.4) is 0 Å². The minimum atomic E-state index is -0.0530. The summed E-state index contributed by atoms with van der Waals surface area (Å²) in [5, 5.41) is 0.569. The third kappa shape index (κ3) is 2.83. The molecule has 0 aliphatic carbocycles. The van der Waals surface area contributed by atoms with Crippen molar-refractivity contribution in [2.24, 2.45) is 0 Å². The van der Waals surface area contributed by atoms with Crippen molar-refractivity contribution in [3.8, 4) is 11.1 Å². The molecule has 2 aromatic carbocycles. The molecule has 0 unspecified atom stereocenters. The summed E-state index contributed by atoms with van der Waals surface area (Å²) in [4.78, 5) is 26.2. The smallest absolute Gasteiger partial charge is 0.200 e. The van der Waals surface area contributed by atoms with E-state index in [9.17, 15) is 4.79 Å². The average Bonchev–Trinajstić information content (AvgIpc) is 3.14. The highest BCUT2D eigenvalue weighted by atomic mass is 16.3. The van der Waals surface area contributed by atoms with Crippen LogP contribution in [0.4, 0.5) is 5.82 Å². The van der Waals surface area contributed by atoms with Crippen molar-refractivity contribution in [2.45, 2.75) is 20.4 Å². The van der Waals surface area contributed by atoms with Gasteiger partial charge in [0.15, 0.2) is 11.5 Å². The number of rotatable bonds is 3. The van der Waals surface area contributed by atoms with Crippen LogP contribution in [0, 0.1) is 13.8 Å². The number of nitrogen functional groups attached to an aromatic ring is 1. The van der Waals surface area contributed by atoms with E-state index in [1.165, 1.54) is 6.33 Å². The molecule has 7 heteroatoms. The molecule has 2 N–H and O–H groups in total. The lowest BCUT2D eigenvalue weighted by atomic mass is 9.97. The van der Waals surface area contributed by atoms with Crippen LogP contribution in [0.1, 0.15) is 16.9 Å². The molecule has 3 aromatic heterocycles. The molecule has 0 atom stereocenters. The molecule has 5 rings (SSSR count). The van der Waals surface area contributed by atoms with Crippen LogP contribution in [0.15, 0.2) is 64.3 Å². The molecule has 3 heterocycles. The second kappa shape index (κ2) is 6.81. The zero-order valence-corrected chi connectivity index (χ0v) is 16.6. The van der Waals surface area contributed by atoms with Gasteiger partial charge in [-0.25, -0.2) is 15.0 Å². The third-order valence-electron chi connectivity index (χ3n) is 5.28. The number of nitrogens with zero attached hydrogens (tertiary/aromatic N) is 4. The summed E-state index contributed by atoms with van der Waals surface area (Å²) in [5.74, 6) is 0.857. The Morgan fingerprint density at radius 1 is 1.07 bits per heavy atom.